The maximum absolute atomic E-state index is 12.4. The molecule has 0 fully saturated rings. The molecular formula is C17H19NOS. The van der Waals surface area contributed by atoms with E-state index in [4.69, 9.17) is 0 Å². The number of hydrogen-bond donors (Lipinski definition) is 0. The van der Waals surface area contributed by atoms with Crippen molar-refractivity contribution in [1.82, 2.24) is 4.98 Å². The minimum atomic E-state index is 0.208. The Morgan fingerprint density at radius 3 is 2.90 bits per heavy atom. The molecule has 0 atom stereocenters. The minimum Gasteiger partial charge on any atom is -0.293 e. The summed E-state index contributed by atoms with van der Waals surface area (Å²) in [4.78, 5) is 19.0. The Bertz CT molecular complexity index is 589. The van der Waals surface area contributed by atoms with E-state index in [0.717, 1.165) is 29.0 Å². The zero-order chi connectivity index (χ0) is 13.9. The van der Waals surface area contributed by atoms with E-state index in [1.165, 1.54) is 29.7 Å². The van der Waals surface area contributed by atoms with Gasteiger partial charge in [-0.1, -0.05) is 12.5 Å². The van der Waals surface area contributed by atoms with E-state index in [1.54, 1.807) is 11.3 Å². The second-order valence-corrected chi connectivity index (χ2v) is 6.68. The summed E-state index contributed by atoms with van der Waals surface area (Å²) >= 11 is 1.70. The first kappa shape index (κ1) is 13.5. The maximum Gasteiger partial charge on any atom is 0.178 e. The average molecular weight is 285 g/mol. The molecule has 0 aliphatic heterocycles. The zero-order valence-electron chi connectivity index (χ0n) is 11.8. The Morgan fingerprint density at radius 2 is 2.10 bits per heavy atom. The first-order valence-electron chi connectivity index (χ1n) is 7.29. The van der Waals surface area contributed by atoms with Crippen molar-refractivity contribution in [3.63, 3.8) is 0 Å². The molecule has 0 N–H and O–H groups in total. The van der Waals surface area contributed by atoms with Crippen LogP contribution in [0.15, 0.2) is 24.4 Å². The number of fused-ring (bicyclic) bond motifs is 1. The number of carbonyl (C=O) groups excluding carboxylic acids is 1. The molecule has 0 bridgehead atoms. The Balaban J connectivity index is 1.75. The number of ketones is 1. The fraction of sp³-hybridized carbons (Fsp3) is 0.412. The highest BCUT2D eigenvalue weighted by Gasteiger charge is 2.16. The van der Waals surface area contributed by atoms with Crippen molar-refractivity contribution in [1.29, 1.82) is 0 Å². The summed E-state index contributed by atoms with van der Waals surface area (Å²) in [5.74, 6) is 0.208. The van der Waals surface area contributed by atoms with Crippen LogP contribution in [0.1, 0.15) is 50.6 Å². The van der Waals surface area contributed by atoms with Crippen molar-refractivity contribution in [2.45, 2.75) is 45.4 Å². The van der Waals surface area contributed by atoms with Crippen LogP contribution in [0.2, 0.25) is 0 Å². The summed E-state index contributed by atoms with van der Waals surface area (Å²) in [7, 11) is 0. The molecule has 0 spiro atoms. The lowest BCUT2D eigenvalue weighted by atomic mass is 10.1. The van der Waals surface area contributed by atoms with E-state index in [1.807, 2.05) is 25.3 Å². The van der Waals surface area contributed by atoms with E-state index in [0.29, 0.717) is 6.42 Å². The Kier molecular flexibility index (Phi) is 3.97. The number of thiophene rings is 1. The van der Waals surface area contributed by atoms with Gasteiger partial charge in [-0.15, -0.1) is 11.3 Å². The smallest absolute Gasteiger partial charge is 0.178 e. The number of Topliss-reactive ketones (excluding diaryl/α,β-unsaturated/α-hetero) is 1. The first-order chi connectivity index (χ1) is 9.72. The van der Waals surface area contributed by atoms with Crippen molar-refractivity contribution in [2.24, 2.45) is 0 Å². The van der Waals surface area contributed by atoms with Crippen LogP contribution in [-0.2, 0) is 19.3 Å². The average Bonchev–Trinajstić information content (AvgIpc) is 2.73. The molecule has 0 radical (unpaired) electrons. The highest BCUT2D eigenvalue weighted by molar-refractivity contribution is 7.14. The van der Waals surface area contributed by atoms with E-state index < -0.39 is 0 Å². The number of hydrogen-bond acceptors (Lipinski definition) is 3. The number of aryl methyl sites for hydroxylation is 3. The number of nitrogens with zero attached hydrogens (tertiary/aromatic N) is 1. The lowest BCUT2D eigenvalue weighted by Gasteiger charge is -1.99. The summed E-state index contributed by atoms with van der Waals surface area (Å²) in [5, 5.41) is 0. The fourth-order valence-corrected chi connectivity index (χ4v) is 3.85. The minimum absolute atomic E-state index is 0.208. The van der Waals surface area contributed by atoms with E-state index >= 15 is 0 Å². The first-order valence-corrected chi connectivity index (χ1v) is 8.10. The van der Waals surface area contributed by atoms with Gasteiger partial charge in [0.25, 0.3) is 0 Å². The third-order valence-electron chi connectivity index (χ3n) is 3.84. The van der Waals surface area contributed by atoms with Crippen LogP contribution >= 0.6 is 11.3 Å². The van der Waals surface area contributed by atoms with Crippen molar-refractivity contribution >= 4 is 17.1 Å². The second-order valence-electron chi connectivity index (χ2n) is 5.55. The molecule has 2 aromatic heterocycles. The molecule has 0 amide bonds. The number of aromatic nitrogens is 1. The normalized spacial score (nSPS) is 14.7. The molecule has 0 saturated carbocycles. The molecule has 0 aromatic carbocycles. The van der Waals surface area contributed by atoms with Crippen LogP contribution < -0.4 is 0 Å². The van der Waals surface area contributed by atoms with Crippen LogP contribution in [0.25, 0.3) is 0 Å². The largest absolute Gasteiger partial charge is 0.293 e. The van der Waals surface area contributed by atoms with Crippen molar-refractivity contribution < 1.29 is 4.79 Å². The predicted octanol–water partition coefficient (Wildman–Crippen LogP) is 4.15. The molecule has 104 valence electrons. The lowest BCUT2D eigenvalue weighted by molar-refractivity contribution is 0.0995. The second kappa shape index (κ2) is 5.88. The van der Waals surface area contributed by atoms with Gasteiger partial charge >= 0.3 is 0 Å². The van der Waals surface area contributed by atoms with Crippen LogP contribution in [-0.4, -0.2) is 10.8 Å². The Hall–Kier alpha value is -1.48. The quantitative estimate of drug-likeness (QED) is 0.626. The number of rotatable bonds is 3. The standard InChI is InChI=1S/C17H19NOS/c1-12-7-8-14(18-11-12)10-15(19)17-9-13-5-3-2-4-6-16(13)20-17/h7-9,11H,2-6,10H2,1H3. The van der Waals surface area contributed by atoms with Gasteiger partial charge in [0.05, 0.1) is 11.3 Å². The van der Waals surface area contributed by atoms with Gasteiger partial charge < -0.3 is 0 Å². The Labute approximate surface area is 123 Å². The molecule has 3 rings (SSSR count). The van der Waals surface area contributed by atoms with E-state index in [9.17, 15) is 4.79 Å². The predicted molar refractivity (Wildman–Crippen MR) is 82.6 cm³/mol. The molecule has 0 unspecified atom stereocenters. The van der Waals surface area contributed by atoms with Gasteiger partial charge in [0.2, 0.25) is 0 Å². The summed E-state index contributed by atoms with van der Waals surface area (Å²) < 4.78 is 0. The highest BCUT2D eigenvalue weighted by Crippen LogP contribution is 2.29. The van der Waals surface area contributed by atoms with Gasteiger partial charge in [0, 0.05) is 16.8 Å². The van der Waals surface area contributed by atoms with Gasteiger partial charge in [-0.25, -0.2) is 0 Å². The molecular weight excluding hydrogens is 266 g/mol. The fourth-order valence-electron chi connectivity index (χ4n) is 2.66. The molecule has 3 heteroatoms. The van der Waals surface area contributed by atoms with Crippen LogP contribution in [0.3, 0.4) is 0 Å². The van der Waals surface area contributed by atoms with Gasteiger partial charge in [-0.3, -0.25) is 9.78 Å². The summed E-state index contributed by atoms with van der Waals surface area (Å²) in [6.07, 6.45) is 8.37. The number of pyridine rings is 1. The van der Waals surface area contributed by atoms with Gasteiger partial charge in [-0.05, 0) is 55.9 Å². The SMILES string of the molecule is Cc1ccc(CC(=O)c2cc3c(s2)CCCCC3)nc1. The molecule has 1 aliphatic carbocycles. The molecule has 0 saturated heterocycles. The highest BCUT2D eigenvalue weighted by atomic mass is 32.1. The third kappa shape index (κ3) is 2.98. The number of carbonyl (C=O) groups is 1. The van der Waals surface area contributed by atoms with Crippen LogP contribution in [0.4, 0.5) is 0 Å². The summed E-state index contributed by atoms with van der Waals surface area (Å²) in [6, 6.07) is 6.09. The van der Waals surface area contributed by atoms with Crippen molar-refractivity contribution in [3.05, 3.63) is 51.0 Å². The van der Waals surface area contributed by atoms with Gasteiger partial charge in [0.15, 0.2) is 5.78 Å². The third-order valence-corrected chi connectivity index (χ3v) is 5.11. The monoisotopic (exact) mass is 285 g/mol. The van der Waals surface area contributed by atoms with Gasteiger partial charge in [-0.2, -0.15) is 0 Å². The van der Waals surface area contributed by atoms with E-state index in [-0.39, 0.29) is 5.78 Å². The van der Waals surface area contributed by atoms with Crippen LogP contribution in [0.5, 0.6) is 0 Å². The van der Waals surface area contributed by atoms with Gasteiger partial charge in [0.1, 0.15) is 0 Å². The Morgan fingerprint density at radius 1 is 1.25 bits per heavy atom. The van der Waals surface area contributed by atoms with E-state index in [2.05, 4.69) is 11.1 Å². The zero-order valence-corrected chi connectivity index (χ0v) is 12.6. The molecule has 2 nitrogen and oxygen atoms in total. The molecule has 2 heterocycles. The molecule has 1 aliphatic rings. The molecule has 20 heavy (non-hydrogen) atoms. The summed E-state index contributed by atoms with van der Waals surface area (Å²) in [5.41, 5.74) is 3.40. The van der Waals surface area contributed by atoms with Crippen molar-refractivity contribution in [3.8, 4) is 0 Å². The topological polar surface area (TPSA) is 30.0 Å². The molecule has 2 aromatic rings. The van der Waals surface area contributed by atoms with Crippen LogP contribution in [0, 0.1) is 6.92 Å². The van der Waals surface area contributed by atoms with Crippen molar-refractivity contribution in [2.75, 3.05) is 0 Å². The maximum atomic E-state index is 12.4. The summed E-state index contributed by atoms with van der Waals surface area (Å²) in [6.45, 7) is 2.01. The lowest BCUT2D eigenvalue weighted by Crippen LogP contribution is -2.03.